The van der Waals surface area contributed by atoms with Crippen LogP contribution in [0.1, 0.15) is 51.3 Å². The largest absolute Gasteiger partial charge is 0.349 e. The van der Waals surface area contributed by atoms with Crippen molar-refractivity contribution in [3.63, 3.8) is 0 Å². The zero-order valence-electron chi connectivity index (χ0n) is 16.6. The van der Waals surface area contributed by atoms with E-state index in [2.05, 4.69) is 52.9 Å². The van der Waals surface area contributed by atoms with Crippen LogP contribution in [0.25, 0.3) is 0 Å². The number of amides is 1. The van der Waals surface area contributed by atoms with Gasteiger partial charge in [-0.3, -0.25) is 4.79 Å². The molecule has 0 radical (unpaired) electrons. The average molecular weight is 354 g/mol. The average Bonchev–Trinajstić information content (AvgIpc) is 2.87. The fraction of sp³-hybridized carbons (Fsp3) is 0.500. The Balaban J connectivity index is 1.94. The Labute approximate surface area is 157 Å². The van der Waals surface area contributed by atoms with Crippen LogP contribution in [0.15, 0.2) is 24.3 Å². The van der Waals surface area contributed by atoms with E-state index >= 15 is 0 Å². The summed E-state index contributed by atoms with van der Waals surface area (Å²) in [7, 11) is 4.05. The molecule has 0 saturated heterocycles. The molecule has 0 fully saturated rings. The summed E-state index contributed by atoms with van der Waals surface area (Å²) >= 11 is 0. The van der Waals surface area contributed by atoms with E-state index in [1.165, 1.54) is 40.8 Å². The van der Waals surface area contributed by atoms with Crippen molar-refractivity contribution >= 4 is 5.91 Å². The number of rotatable bonds is 6. The molecule has 1 aromatic heterocycles. The van der Waals surface area contributed by atoms with Gasteiger partial charge in [0.2, 0.25) is 0 Å². The minimum absolute atomic E-state index is 0.0615. The van der Waals surface area contributed by atoms with Crippen molar-refractivity contribution in [3.8, 4) is 0 Å². The first-order valence-corrected chi connectivity index (χ1v) is 9.66. The maximum Gasteiger partial charge on any atom is 0.268 e. The van der Waals surface area contributed by atoms with Crippen molar-refractivity contribution in [2.75, 3.05) is 27.2 Å². The summed E-state index contributed by atoms with van der Waals surface area (Å²) in [6.07, 6.45) is 4.61. The lowest BCUT2D eigenvalue weighted by Crippen LogP contribution is -2.33. The fourth-order valence-electron chi connectivity index (χ4n) is 4.01. The summed E-state index contributed by atoms with van der Waals surface area (Å²) in [6, 6.07) is 8.60. The molecule has 0 aliphatic heterocycles. The Morgan fingerprint density at radius 1 is 1.19 bits per heavy atom. The van der Waals surface area contributed by atoms with Gasteiger partial charge < -0.3 is 14.8 Å². The van der Waals surface area contributed by atoms with Gasteiger partial charge in [-0.25, -0.2) is 0 Å². The standard InChI is InChI=1S/C22H31N3O/c1-16-8-7-9-18(14-16)15-25-20-11-6-5-10-19(20)17(2)21(25)22(26)23-12-13-24(3)4/h7-9,14H,5-6,10-13,15H2,1-4H3,(H,23,26). The Morgan fingerprint density at radius 3 is 2.69 bits per heavy atom. The smallest absolute Gasteiger partial charge is 0.268 e. The van der Waals surface area contributed by atoms with Crippen LogP contribution >= 0.6 is 0 Å². The molecule has 4 heteroatoms. The third-order valence-corrected chi connectivity index (χ3v) is 5.33. The van der Waals surface area contributed by atoms with Crippen LogP contribution in [0.4, 0.5) is 0 Å². The molecule has 0 saturated carbocycles. The number of hydrogen-bond donors (Lipinski definition) is 1. The lowest BCUT2D eigenvalue weighted by molar-refractivity contribution is 0.0941. The second-order valence-corrected chi connectivity index (χ2v) is 7.74. The SMILES string of the molecule is Cc1cccc(Cn2c3c(c(C)c2C(=O)NCCN(C)C)CCCC3)c1. The zero-order valence-corrected chi connectivity index (χ0v) is 16.6. The van der Waals surface area contributed by atoms with E-state index in [-0.39, 0.29) is 5.91 Å². The maximum atomic E-state index is 13.0. The second-order valence-electron chi connectivity index (χ2n) is 7.74. The van der Waals surface area contributed by atoms with E-state index in [0.29, 0.717) is 6.54 Å². The molecule has 1 aliphatic carbocycles. The van der Waals surface area contributed by atoms with Crippen LogP contribution in [-0.4, -0.2) is 42.6 Å². The van der Waals surface area contributed by atoms with E-state index in [1.807, 2.05) is 14.1 Å². The highest BCUT2D eigenvalue weighted by Crippen LogP contribution is 2.30. The van der Waals surface area contributed by atoms with Gasteiger partial charge in [-0.15, -0.1) is 0 Å². The molecule has 1 aromatic carbocycles. The monoisotopic (exact) mass is 353 g/mol. The minimum atomic E-state index is 0.0615. The second kappa shape index (κ2) is 8.09. The molecule has 1 N–H and O–H groups in total. The van der Waals surface area contributed by atoms with Crippen LogP contribution in [0.5, 0.6) is 0 Å². The topological polar surface area (TPSA) is 37.3 Å². The molecular formula is C22H31N3O. The van der Waals surface area contributed by atoms with Gasteiger partial charge >= 0.3 is 0 Å². The van der Waals surface area contributed by atoms with Gasteiger partial charge in [0.15, 0.2) is 0 Å². The molecule has 0 spiro atoms. The molecule has 0 bridgehead atoms. The van der Waals surface area contributed by atoms with Gasteiger partial charge in [0, 0.05) is 25.3 Å². The van der Waals surface area contributed by atoms with Crippen molar-refractivity contribution in [3.05, 3.63) is 57.9 Å². The van der Waals surface area contributed by atoms with E-state index in [4.69, 9.17) is 0 Å². The summed E-state index contributed by atoms with van der Waals surface area (Å²) in [4.78, 5) is 15.1. The predicted molar refractivity (Wildman–Crippen MR) is 107 cm³/mol. The van der Waals surface area contributed by atoms with E-state index < -0.39 is 0 Å². The predicted octanol–water partition coefficient (Wildman–Crippen LogP) is 3.32. The number of carbonyl (C=O) groups is 1. The number of nitrogens with zero attached hydrogens (tertiary/aromatic N) is 2. The number of likely N-dealkylation sites (N-methyl/N-ethyl adjacent to an activating group) is 1. The molecule has 0 unspecified atom stereocenters. The fourth-order valence-corrected chi connectivity index (χ4v) is 4.01. The number of benzene rings is 1. The van der Waals surface area contributed by atoms with Crippen molar-refractivity contribution in [2.45, 2.75) is 46.1 Å². The first kappa shape index (κ1) is 18.7. The molecule has 140 valence electrons. The molecule has 0 atom stereocenters. The molecule has 1 aliphatic rings. The molecule has 1 amide bonds. The molecule has 1 heterocycles. The Kier molecular flexibility index (Phi) is 5.82. The lowest BCUT2D eigenvalue weighted by atomic mass is 9.95. The molecule has 4 nitrogen and oxygen atoms in total. The van der Waals surface area contributed by atoms with Gasteiger partial charge in [-0.2, -0.15) is 0 Å². The quantitative estimate of drug-likeness (QED) is 0.865. The van der Waals surface area contributed by atoms with Gasteiger partial charge in [0.1, 0.15) is 5.69 Å². The van der Waals surface area contributed by atoms with Gasteiger partial charge in [-0.05, 0) is 70.3 Å². The summed E-state index contributed by atoms with van der Waals surface area (Å²) < 4.78 is 2.28. The van der Waals surface area contributed by atoms with Crippen LogP contribution in [0, 0.1) is 13.8 Å². The van der Waals surface area contributed by atoms with Gasteiger partial charge in [0.05, 0.1) is 0 Å². The third kappa shape index (κ3) is 4.01. The number of nitrogens with one attached hydrogen (secondary N) is 1. The van der Waals surface area contributed by atoms with E-state index in [0.717, 1.165) is 31.6 Å². The van der Waals surface area contributed by atoms with Crippen LogP contribution in [0.3, 0.4) is 0 Å². The van der Waals surface area contributed by atoms with Crippen molar-refractivity contribution in [1.29, 1.82) is 0 Å². The number of carbonyl (C=O) groups excluding carboxylic acids is 1. The number of aryl methyl sites for hydroxylation is 1. The molecule has 3 rings (SSSR count). The molecule has 2 aromatic rings. The summed E-state index contributed by atoms with van der Waals surface area (Å²) in [5.74, 6) is 0.0615. The first-order valence-electron chi connectivity index (χ1n) is 9.66. The Hall–Kier alpha value is -2.07. The highest BCUT2D eigenvalue weighted by Gasteiger charge is 2.26. The maximum absolute atomic E-state index is 13.0. The third-order valence-electron chi connectivity index (χ3n) is 5.33. The minimum Gasteiger partial charge on any atom is -0.349 e. The van der Waals surface area contributed by atoms with Crippen LogP contribution < -0.4 is 5.32 Å². The summed E-state index contributed by atoms with van der Waals surface area (Å²) in [5, 5.41) is 3.12. The normalized spacial score (nSPS) is 13.7. The highest BCUT2D eigenvalue weighted by molar-refractivity contribution is 5.95. The van der Waals surface area contributed by atoms with E-state index in [1.54, 1.807) is 0 Å². The van der Waals surface area contributed by atoms with E-state index in [9.17, 15) is 4.79 Å². The van der Waals surface area contributed by atoms with Gasteiger partial charge in [0.25, 0.3) is 5.91 Å². The summed E-state index contributed by atoms with van der Waals surface area (Å²) in [5.41, 5.74) is 7.33. The van der Waals surface area contributed by atoms with Gasteiger partial charge in [-0.1, -0.05) is 29.8 Å². The number of fused-ring (bicyclic) bond motifs is 1. The Morgan fingerprint density at radius 2 is 1.96 bits per heavy atom. The van der Waals surface area contributed by atoms with Crippen molar-refractivity contribution in [2.24, 2.45) is 0 Å². The van der Waals surface area contributed by atoms with Crippen LogP contribution in [-0.2, 0) is 19.4 Å². The number of hydrogen-bond acceptors (Lipinski definition) is 2. The molecule has 26 heavy (non-hydrogen) atoms. The lowest BCUT2D eigenvalue weighted by Gasteiger charge is -2.18. The number of aromatic nitrogens is 1. The van der Waals surface area contributed by atoms with Crippen molar-refractivity contribution < 1.29 is 4.79 Å². The molecular weight excluding hydrogens is 322 g/mol. The van der Waals surface area contributed by atoms with Crippen molar-refractivity contribution in [1.82, 2.24) is 14.8 Å². The first-order chi connectivity index (χ1) is 12.5. The highest BCUT2D eigenvalue weighted by atomic mass is 16.1. The van der Waals surface area contributed by atoms with Crippen LogP contribution in [0.2, 0.25) is 0 Å². The summed E-state index contributed by atoms with van der Waals surface area (Å²) in [6.45, 7) is 6.54. The Bertz CT molecular complexity index is 789. The zero-order chi connectivity index (χ0) is 18.7.